The summed E-state index contributed by atoms with van der Waals surface area (Å²) < 4.78 is 5.53. The van der Waals surface area contributed by atoms with Crippen molar-refractivity contribution in [2.45, 2.75) is 26.2 Å². The molecule has 1 N–H and O–H groups in total. The Labute approximate surface area is 142 Å². The van der Waals surface area contributed by atoms with E-state index in [1.54, 1.807) is 0 Å². The highest BCUT2D eigenvalue weighted by atomic mass is 16.3. The van der Waals surface area contributed by atoms with Crippen LogP contribution in [0.1, 0.15) is 35.3 Å². The highest BCUT2D eigenvalue weighted by Crippen LogP contribution is 2.37. The average Bonchev–Trinajstić information content (AvgIpc) is 3.26. The second-order valence-corrected chi connectivity index (χ2v) is 7.12. The third-order valence-corrected chi connectivity index (χ3v) is 5.53. The lowest BCUT2D eigenvalue weighted by atomic mass is 9.78. The number of nitrogens with zero attached hydrogens (tertiary/aromatic N) is 2. The van der Waals surface area contributed by atoms with Crippen molar-refractivity contribution in [3.05, 3.63) is 41.9 Å². The van der Waals surface area contributed by atoms with Gasteiger partial charge < -0.3 is 14.6 Å². The van der Waals surface area contributed by atoms with E-state index in [9.17, 15) is 4.79 Å². The summed E-state index contributed by atoms with van der Waals surface area (Å²) in [4.78, 5) is 19.1. The van der Waals surface area contributed by atoms with Gasteiger partial charge in [0.15, 0.2) is 17.8 Å². The van der Waals surface area contributed by atoms with Gasteiger partial charge in [-0.1, -0.05) is 29.8 Å². The zero-order valence-corrected chi connectivity index (χ0v) is 14.0. The minimum absolute atomic E-state index is 0.0138. The van der Waals surface area contributed by atoms with Crippen LogP contribution >= 0.6 is 0 Å². The Bertz CT molecular complexity index is 719. The molecule has 24 heavy (non-hydrogen) atoms. The van der Waals surface area contributed by atoms with E-state index in [1.807, 2.05) is 36.1 Å². The third kappa shape index (κ3) is 2.73. The zero-order valence-electron chi connectivity index (χ0n) is 14.0. The molecule has 2 aromatic rings. The summed E-state index contributed by atoms with van der Waals surface area (Å²) >= 11 is 0. The second-order valence-electron chi connectivity index (χ2n) is 7.12. The second kappa shape index (κ2) is 6.06. The summed E-state index contributed by atoms with van der Waals surface area (Å²) in [6.45, 7) is 5.85. The molecule has 1 amide bonds. The molecule has 5 heteroatoms. The molecule has 5 nitrogen and oxygen atoms in total. The first-order valence-electron chi connectivity index (χ1n) is 8.67. The van der Waals surface area contributed by atoms with E-state index >= 15 is 0 Å². The van der Waals surface area contributed by atoms with Crippen LogP contribution in [-0.4, -0.2) is 42.0 Å². The van der Waals surface area contributed by atoms with Crippen LogP contribution in [0.3, 0.4) is 0 Å². The van der Waals surface area contributed by atoms with Gasteiger partial charge in [0.2, 0.25) is 0 Å². The molecule has 0 unspecified atom stereocenters. The van der Waals surface area contributed by atoms with Crippen LogP contribution < -0.4 is 5.32 Å². The topological polar surface area (TPSA) is 58.4 Å². The highest BCUT2D eigenvalue weighted by molar-refractivity contribution is 5.97. The monoisotopic (exact) mass is 325 g/mol. The Morgan fingerprint density at radius 2 is 1.96 bits per heavy atom. The van der Waals surface area contributed by atoms with E-state index in [4.69, 9.17) is 4.42 Å². The molecule has 1 aromatic carbocycles. The normalized spacial score (nSPS) is 19.8. The number of rotatable bonds is 2. The predicted molar refractivity (Wildman–Crippen MR) is 91.7 cm³/mol. The van der Waals surface area contributed by atoms with Crippen LogP contribution in [0.15, 0.2) is 35.1 Å². The third-order valence-electron chi connectivity index (χ3n) is 5.53. The number of likely N-dealkylation sites (tertiary alicyclic amines) is 1. The molecule has 3 heterocycles. The molecule has 0 bridgehead atoms. The molecule has 0 atom stereocenters. The Morgan fingerprint density at radius 3 is 2.62 bits per heavy atom. The smallest absolute Gasteiger partial charge is 0.276 e. The Balaban J connectivity index is 1.51. The largest absolute Gasteiger partial charge is 0.443 e. The van der Waals surface area contributed by atoms with Gasteiger partial charge in [0, 0.05) is 25.2 Å². The number of carbonyl (C=O) groups excluding carboxylic acids is 1. The Kier molecular flexibility index (Phi) is 3.88. The van der Waals surface area contributed by atoms with Crippen LogP contribution in [-0.2, 0) is 0 Å². The summed E-state index contributed by atoms with van der Waals surface area (Å²) in [6, 6.07) is 7.98. The van der Waals surface area contributed by atoms with Crippen molar-refractivity contribution in [1.29, 1.82) is 0 Å². The molecule has 2 aliphatic heterocycles. The Morgan fingerprint density at radius 1 is 1.21 bits per heavy atom. The molecule has 0 saturated carbocycles. The molecule has 1 spiro atoms. The quantitative estimate of drug-likeness (QED) is 0.922. The lowest BCUT2D eigenvalue weighted by Gasteiger charge is -2.38. The number of hydrogen-bond donors (Lipinski definition) is 1. The van der Waals surface area contributed by atoms with Crippen LogP contribution in [0.4, 0.5) is 0 Å². The molecule has 2 fully saturated rings. The first kappa shape index (κ1) is 15.4. The summed E-state index contributed by atoms with van der Waals surface area (Å²) in [6.07, 6.45) is 4.75. The van der Waals surface area contributed by atoms with Gasteiger partial charge in [-0.05, 0) is 38.1 Å². The van der Waals surface area contributed by atoms with Gasteiger partial charge in [-0.2, -0.15) is 0 Å². The van der Waals surface area contributed by atoms with Crippen LogP contribution in [0.25, 0.3) is 11.3 Å². The zero-order chi connectivity index (χ0) is 16.6. The summed E-state index contributed by atoms with van der Waals surface area (Å²) in [7, 11) is 0. The van der Waals surface area contributed by atoms with Crippen molar-refractivity contribution in [2.24, 2.45) is 5.41 Å². The van der Waals surface area contributed by atoms with Gasteiger partial charge >= 0.3 is 0 Å². The van der Waals surface area contributed by atoms with Crippen molar-refractivity contribution in [3.8, 4) is 11.3 Å². The molecule has 126 valence electrons. The van der Waals surface area contributed by atoms with E-state index in [1.165, 1.54) is 18.4 Å². The maximum atomic E-state index is 12.9. The lowest BCUT2D eigenvalue weighted by Crippen LogP contribution is -2.44. The fraction of sp³-hybridized carbons (Fsp3) is 0.474. The first-order chi connectivity index (χ1) is 11.7. The number of aromatic nitrogens is 1. The van der Waals surface area contributed by atoms with E-state index < -0.39 is 0 Å². The minimum atomic E-state index is -0.0138. The molecule has 0 radical (unpaired) electrons. The molecule has 2 saturated heterocycles. The molecule has 1 aromatic heterocycles. The van der Waals surface area contributed by atoms with E-state index in [0.29, 0.717) is 16.9 Å². The number of piperidine rings is 1. The van der Waals surface area contributed by atoms with Crippen LogP contribution in [0, 0.1) is 12.3 Å². The van der Waals surface area contributed by atoms with Crippen molar-refractivity contribution in [3.63, 3.8) is 0 Å². The number of carbonyl (C=O) groups is 1. The summed E-state index contributed by atoms with van der Waals surface area (Å²) in [5.74, 6) is 0.558. The van der Waals surface area contributed by atoms with Gasteiger partial charge in [0.1, 0.15) is 0 Å². The minimum Gasteiger partial charge on any atom is -0.443 e. The summed E-state index contributed by atoms with van der Waals surface area (Å²) in [5, 5.41) is 3.46. The maximum Gasteiger partial charge on any atom is 0.276 e. The van der Waals surface area contributed by atoms with E-state index in [-0.39, 0.29) is 5.91 Å². The lowest BCUT2D eigenvalue weighted by molar-refractivity contribution is 0.0603. The first-order valence-corrected chi connectivity index (χ1v) is 8.67. The van der Waals surface area contributed by atoms with Gasteiger partial charge in [-0.25, -0.2) is 4.98 Å². The molecular formula is C19H23N3O2. The van der Waals surface area contributed by atoms with Gasteiger partial charge in [-0.15, -0.1) is 0 Å². The number of oxazole rings is 1. The molecular weight excluding hydrogens is 302 g/mol. The number of aryl methyl sites for hydroxylation is 1. The van der Waals surface area contributed by atoms with E-state index in [0.717, 1.165) is 44.6 Å². The Hall–Kier alpha value is -2.14. The van der Waals surface area contributed by atoms with Gasteiger partial charge in [0.25, 0.3) is 5.91 Å². The predicted octanol–water partition coefficient (Wildman–Crippen LogP) is 2.87. The van der Waals surface area contributed by atoms with Crippen molar-refractivity contribution >= 4 is 5.91 Å². The van der Waals surface area contributed by atoms with Gasteiger partial charge in [0.05, 0.1) is 0 Å². The van der Waals surface area contributed by atoms with E-state index in [2.05, 4.69) is 10.3 Å². The molecule has 0 aliphatic carbocycles. The van der Waals surface area contributed by atoms with Crippen molar-refractivity contribution in [1.82, 2.24) is 15.2 Å². The van der Waals surface area contributed by atoms with Crippen molar-refractivity contribution < 1.29 is 9.21 Å². The maximum absolute atomic E-state index is 12.9. The number of nitrogens with one attached hydrogen (secondary N) is 1. The number of amides is 1. The fourth-order valence-electron chi connectivity index (χ4n) is 3.86. The number of benzene rings is 1. The SMILES string of the molecule is Cc1ccc(-c2ocnc2C(=O)N2CCC3(CCNC3)CC2)cc1. The van der Waals surface area contributed by atoms with Crippen LogP contribution in [0.2, 0.25) is 0 Å². The fourth-order valence-corrected chi connectivity index (χ4v) is 3.86. The molecule has 2 aliphatic rings. The molecule has 4 rings (SSSR count). The standard InChI is InChI=1S/C19H23N3O2/c1-14-2-4-15(5-3-14)17-16(21-13-24-17)18(23)22-10-7-19(8-11-22)6-9-20-12-19/h2-5,13,20H,6-12H2,1H3. The van der Waals surface area contributed by atoms with Crippen molar-refractivity contribution in [2.75, 3.05) is 26.2 Å². The van der Waals surface area contributed by atoms with Crippen LogP contribution in [0.5, 0.6) is 0 Å². The average molecular weight is 325 g/mol. The summed E-state index contributed by atoms with van der Waals surface area (Å²) in [5.41, 5.74) is 2.91. The highest BCUT2D eigenvalue weighted by Gasteiger charge is 2.38. The van der Waals surface area contributed by atoms with Gasteiger partial charge in [-0.3, -0.25) is 4.79 Å². The number of hydrogen-bond acceptors (Lipinski definition) is 4.